The van der Waals surface area contributed by atoms with Gasteiger partial charge in [-0.2, -0.15) is 12.7 Å². The molecule has 0 aliphatic rings. The van der Waals surface area contributed by atoms with Crippen molar-refractivity contribution < 1.29 is 13.5 Å². The lowest BCUT2D eigenvalue weighted by atomic mass is 10.2. The fourth-order valence-electron chi connectivity index (χ4n) is 1.07. The van der Waals surface area contributed by atoms with Crippen molar-refractivity contribution in [1.82, 2.24) is 4.31 Å². The first-order valence-electron chi connectivity index (χ1n) is 4.96. The number of aliphatic hydroxyl groups excluding tert-OH is 1. The lowest BCUT2D eigenvalue weighted by Crippen LogP contribution is -2.29. The van der Waals surface area contributed by atoms with Crippen LogP contribution in [0.4, 0.5) is 5.69 Å². The van der Waals surface area contributed by atoms with Gasteiger partial charge in [0.05, 0.1) is 5.69 Å². The molecule has 0 unspecified atom stereocenters. The van der Waals surface area contributed by atoms with E-state index < -0.39 is 10.2 Å². The predicted molar refractivity (Wildman–Crippen MR) is 71.6 cm³/mol. The third-order valence-electron chi connectivity index (χ3n) is 2.00. The molecule has 0 fully saturated rings. The minimum Gasteiger partial charge on any atom is -0.384 e. The molecule has 0 saturated heterocycles. The summed E-state index contributed by atoms with van der Waals surface area (Å²) in [5.74, 6) is 5.10. The average molecular weight is 289 g/mol. The molecule has 0 aromatic heterocycles. The minimum absolute atomic E-state index is 0.275. The molecule has 0 radical (unpaired) electrons. The van der Waals surface area contributed by atoms with E-state index in [0.29, 0.717) is 10.6 Å². The number of nitrogens with zero attached hydrogens (tertiary/aromatic N) is 1. The van der Waals surface area contributed by atoms with Crippen LogP contribution in [0, 0.1) is 11.8 Å². The molecule has 0 atom stereocenters. The third kappa shape index (κ3) is 3.89. The maximum Gasteiger partial charge on any atom is 0.301 e. The first kappa shape index (κ1) is 14.8. The second kappa shape index (κ2) is 6.07. The van der Waals surface area contributed by atoms with Crippen LogP contribution < -0.4 is 4.72 Å². The zero-order chi connectivity index (χ0) is 13.8. The van der Waals surface area contributed by atoms with E-state index in [1.807, 2.05) is 0 Å². The standard InChI is InChI=1S/C11H13ClN2O3S/c1-14(2)18(16,17)13-11-8-10(12)6-5-9(11)4-3-7-15/h5-6,8,13,15H,7H2,1-2H3. The zero-order valence-electron chi connectivity index (χ0n) is 9.94. The van der Waals surface area contributed by atoms with Crippen molar-refractivity contribution in [2.24, 2.45) is 0 Å². The number of rotatable bonds is 3. The second-order valence-corrected chi connectivity index (χ2v) is 5.86. The Bertz CT molecular complexity index is 588. The van der Waals surface area contributed by atoms with Crippen LogP contribution in [0.5, 0.6) is 0 Å². The van der Waals surface area contributed by atoms with Gasteiger partial charge in [-0.25, -0.2) is 0 Å². The summed E-state index contributed by atoms with van der Waals surface area (Å²) in [4.78, 5) is 0. The Labute approximate surface area is 112 Å². The van der Waals surface area contributed by atoms with Crippen LogP contribution >= 0.6 is 11.6 Å². The van der Waals surface area contributed by atoms with Gasteiger partial charge in [0.2, 0.25) is 0 Å². The Kier molecular flexibility index (Phi) is 4.99. The normalized spacial score (nSPS) is 10.9. The predicted octanol–water partition coefficient (Wildman–Crippen LogP) is 0.902. The molecule has 1 aromatic rings. The van der Waals surface area contributed by atoms with Crippen LogP contribution in [-0.2, 0) is 10.2 Å². The molecule has 5 nitrogen and oxygen atoms in total. The summed E-state index contributed by atoms with van der Waals surface area (Å²) < 4.78 is 26.8. The van der Waals surface area contributed by atoms with Gasteiger partial charge in [0.25, 0.3) is 0 Å². The van der Waals surface area contributed by atoms with Crippen LogP contribution in [-0.4, -0.2) is 38.5 Å². The van der Waals surface area contributed by atoms with Gasteiger partial charge in [-0.1, -0.05) is 23.4 Å². The molecule has 18 heavy (non-hydrogen) atoms. The van der Waals surface area contributed by atoms with E-state index in [1.54, 1.807) is 12.1 Å². The summed E-state index contributed by atoms with van der Waals surface area (Å²) in [6.07, 6.45) is 0. The maximum atomic E-state index is 11.7. The number of hydrogen-bond donors (Lipinski definition) is 2. The quantitative estimate of drug-likeness (QED) is 0.812. The van der Waals surface area contributed by atoms with Crippen LogP contribution in [0.25, 0.3) is 0 Å². The van der Waals surface area contributed by atoms with Gasteiger partial charge in [0.15, 0.2) is 0 Å². The highest BCUT2D eigenvalue weighted by atomic mass is 35.5. The van der Waals surface area contributed by atoms with Gasteiger partial charge in [-0.05, 0) is 18.2 Å². The van der Waals surface area contributed by atoms with E-state index in [-0.39, 0.29) is 12.3 Å². The molecule has 1 rings (SSSR count). The van der Waals surface area contributed by atoms with Gasteiger partial charge < -0.3 is 5.11 Å². The fraction of sp³-hybridized carbons (Fsp3) is 0.273. The summed E-state index contributed by atoms with van der Waals surface area (Å²) in [7, 11) is -0.804. The molecule has 0 heterocycles. The number of halogens is 1. The van der Waals surface area contributed by atoms with Crippen LogP contribution in [0.1, 0.15) is 5.56 Å². The van der Waals surface area contributed by atoms with Gasteiger partial charge in [-0.15, -0.1) is 0 Å². The van der Waals surface area contributed by atoms with Crippen molar-refractivity contribution in [1.29, 1.82) is 0 Å². The van der Waals surface area contributed by atoms with E-state index in [9.17, 15) is 8.42 Å². The molecule has 1 aromatic carbocycles. The van der Waals surface area contributed by atoms with E-state index in [4.69, 9.17) is 16.7 Å². The Morgan fingerprint density at radius 2 is 2.11 bits per heavy atom. The van der Waals surface area contributed by atoms with E-state index in [2.05, 4.69) is 16.6 Å². The summed E-state index contributed by atoms with van der Waals surface area (Å²) in [5, 5.41) is 9.04. The molecule has 0 bridgehead atoms. The summed E-state index contributed by atoms with van der Waals surface area (Å²) in [5.41, 5.74) is 0.719. The van der Waals surface area contributed by atoms with Crippen LogP contribution in [0.3, 0.4) is 0 Å². The Morgan fingerprint density at radius 1 is 1.44 bits per heavy atom. The molecule has 0 aliphatic carbocycles. The van der Waals surface area contributed by atoms with Crippen molar-refractivity contribution in [3.05, 3.63) is 28.8 Å². The van der Waals surface area contributed by atoms with Crippen molar-refractivity contribution >= 4 is 27.5 Å². The lowest BCUT2D eigenvalue weighted by Gasteiger charge is -2.14. The van der Waals surface area contributed by atoms with Crippen molar-refractivity contribution in [3.63, 3.8) is 0 Å². The molecule has 2 N–H and O–H groups in total. The Balaban J connectivity index is 3.18. The lowest BCUT2D eigenvalue weighted by molar-refractivity contribution is 0.350. The smallest absolute Gasteiger partial charge is 0.301 e. The summed E-state index contributed by atoms with van der Waals surface area (Å²) >= 11 is 5.81. The summed E-state index contributed by atoms with van der Waals surface area (Å²) in [6.45, 7) is -0.303. The first-order valence-corrected chi connectivity index (χ1v) is 6.78. The highest BCUT2D eigenvalue weighted by molar-refractivity contribution is 7.90. The van der Waals surface area contributed by atoms with Crippen LogP contribution in [0.2, 0.25) is 5.02 Å². The maximum absolute atomic E-state index is 11.7. The van der Waals surface area contributed by atoms with E-state index in [1.165, 1.54) is 20.2 Å². The molecule has 7 heteroatoms. The number of nitrogens with one attached hydrogen (secondary N) is 1. The molecule has 0 aliphatic heterocycles. The van der Waals surface area contributed by atoms with Crippen molar-refractivity contribution in [3.8, 4) is 11.8 Å². The minimum atomic E-state index is -3.62. The molecule has 0 amide bonds. The average Bonchev–Trinajstić information content (AvgIpc) is 2.27. The van der Waals surface area contributed by atoms with Crippen molar-refractivity contribution in [2.75, 3.05) is 25.4 Å². The topological polar surface area (TPSA) is 69.6 Å². The van der Waals surface area contributed by atoms with E-state index in [0.717, 1.165) is 4.31 Å². The Morgan fingerprint density at radius 3 is 2.67 bits per heavy atom. The molecule has 0 saturated carbocycles. The number of anilines is 1. The van der Waals surface area contributed by atoms with Crippen molar-refractivity contribution in [2.45, 2.75) is 0 Å². The number of aliphatic hydroxyl groups is 1. The molecular formula is C11H13ClN2O3S. The highest BCUT2D eigenvalue weighted by Gasteiger charge is 2.15. The Hall–Kier alpha value is -1.26. The number of benzene rings is 1. The molecular weight excluding hydrogens is 276 g/mol. The molecule has 0 spiro atoms. The largest absolute Gasteiger partial charge is 0.384 e. The zero-order valence-corrected chi connectivity index (χ0v) is 11.5. The fourth-order valence-corrected chi connectivity index (χ4v) is 1.88. The van der Waals surface area contributed by atoms with Crippen LogP contribution in [0.15, 0.2) is 18.2 Å². The van der Waals surface area contributed by atoms with Gasteiger partial charge in [0.1, 0.15) is 6.61 Å². The molecule has 98 valence electrons. The number of hydrogen-bond acceptors (Lipinski definition) is 3. The summed E-state index contributed by atoms with van der Waals surface area (Å²) in [6, 6.07) is 4.64. The van der Waals surface area contributed by atoms with Gasteiger partial charge in [0, 0.05) is 24.7 Å². The van der Waals surface area contributed by atoms with E-state index >= 15 is 0 Å². The highest BCUT2D eigenvalue weighted by Crippen LogP contribution is 2.21. The van der Waals surface area contributed by atoms with Gasteiger partial charge in [-0.3, -0.25) is 4.72 Å². The SMILES string of the molecule is CN(C)S(=O)(=O)Nc1cc(Cl)ccc1C#CCO. The first-order chi connectivity index (χ1) is 8.36. The third-order valence-corrected chi connectivity index (χ3v) is 3.68. The second-order valence-electron chi connectivity index (χ2n) is 3.54. The van der Waals surface area contributed by atoms with Gasteiger partial charge >= 0.3 is 10.2 Å². The monoisotopic (exact) mass is 288 g/mol.